The third-order valence-electron chi connectivity index (χ3n) is 5.63. The SMILES string of the molecule is COc1ccc(C(=O)Oc2ccc(Br)cc2/C=N/NC(=O)COc2ccc(OCc3ccccc3)cc2)cc1OC. The summed E-state index contributed by atoms with van der Waals surface area (Å²) in [6.07, 6.45) is 1.37. The lowest BCUT2D eigenvalue weighted by Crippen LogP contribution is -2.24. The third kappa shape index (κ3) is 8.58. The van der Waals surface area contributed by atoms with Crippen molar-refractivity contribution in [3.8, 4) is 28.7 Å². The molecule has 0 heterocycles. The van der Waals surface area contributed by atoms with Crippen LogP contribution in [-0.4, -0.2) is 38.9 Å². The van der Waals surface area contributed by atoms with Gasteiger partial charge in [-0.05, 0) is 66.2 Å². The Kier molecular flexibility index (Phi) is 10.3. The molecular formula is C31H27BrN2O7. The summed E-state index contributed by atoms with van der Waals surface area (Å²) in [5.74, 6) is 1.26. The molecule has 0 bridgehead atoms. The van der Waals surface area contributed by atoms with Crippen LogP contribution in [0.2, 0.25) is 0 Å². The zero-order chi connectivity index (χ0) is 29.0. The van der Waals surface area contributed by atoms with Crippen LogP contribution in [0.4, 0.5) is 0 Å². The first-order chi connectivity index (χ1) is 19.9. The molecule has 0 aromatic heterocycles. The van der Waals surface area contributed by atoms with Crippen LogP contribution in [-0.2, 0) is 11.4 Å². The molecule has 41 heavy (non-hydrogen) atoms. The molecule has 0 spiro atoms. The minimum atomic E-state index is -0.600. The number of hydrazone groups is 1. The number of nitrogens with one attached hydrogen (secondary N) is 1. The Morgan fingerprint density at radius 3 is 2.20 bits per heavy atom. The monoisotopic (exact) mass is 618 g/mol. The van der Waals surface area contributed by atoms with Gasteiger partial charge in [-0.2, -0.15) is 5.10 Å². The van der Waals surface area contributed by atoms with Crippen LogP contribution in [0.25, 0.3) is 0 Å². The van der Waals surface area contributed by atoms with Crippen molar-refractivity contribution in [2.45, 2.75) is 6.61 Å². The molecular weight excluding hydrogens is 592 g/mol. The highest BCUT2D eigenvalue weighted by Gasteiger charge is 2.15. The topological polar surface area (TPSA) is 105 Å². The highest BCUT2D eigenvalue weighted by molar-refractivity contribution is 9.10. The second kappa shape index (κ2) is 14.5. The second-order valence-corrected chi connectivity index (χ2v) is 9.38. The number of amides is 1. The van der Waals surface area contributed by atoms with Gasteiger partial charge >= 0.3 is 5.97 Å². The average Bonchev–Trinajstić information content (AvgIpc) is 3.00. The summed E-state index contributed by atoms with van der Waals surface area (Å²) >= 11 is 3.39. The molecule has 0 saturated heterocycles. The molecule has 9 nitrogen and oxygen atoms in total. The van der Waals surface area contributed by atoms with Gasteiger partial charge in [-0.3, -0.25) is 4.79 Å². The van der Waals surface area contributed by atoms with Crippen molar-refractivity contribution in [2.24, 2.45) is 5.10 Å². The van der Waals surface area contributed by atoms with E-state index < -0.39 is 11.9 Å². The molecule has 1 amide bonds. The zero-order valence-electron chi connectivity index (χ0n) is 22.3. The minimum Gasteiger partial charge on any atom is -0.493 e. The fourth-order valence-electron chi connectivity index (χ4n) is 3.56. The lowest BCUT2D eigenvalue weighted by atomic mass is 10.2. The van der Waals surface area contributed by atoms with E-state index in [9.17, 15) is 9.59 Å². The molecule has 0 radical (unpaired) electrons. The summed E-state index contributed by atoms with van der Waals surface area (Å²) in [5.41, 5.74) is 4.20. The largest absolute Gasteiger partial charge is 0.493 e. The van der Waals surface area contributed by atoms with Gasteiger partial charge in [0, 0.05) is 10.0 Å². The molecule has 0 unspecified atom stereocenters. The average molecular weight is 619 g/mol. The fraction of sp³-hybridized carbons (Fsp3) is 0.129. The predicted molar refractivity (Wildman–Crippen MR) is 157 cm³/mol. The Balaban J connectivity index is 1.29. The molecule has 0 saturated carbocycles. The van der Waals surface area contributed by atoms with E-state index in [4.69, 9.17) is 23.7 Å². The van der Waals surface area contributed by atoms with Gasteiger partial charge in [0.1, 0.15) is 23.9 Å². The van der Waals surface area contributed by atoms with Crippen LogP contribution in [0.15, 0.2) is 101 Å². The van der Waals surface area contributed by atoms with Gasteiger partial charge < -0.3 is 23.7 Å². The van der Waals surface area contributed by atoms with Gasteiger partial charge in [0.25, 0.3) is 5.91 Å². The quantitative estimate of drug-likeness (QED) is 0.0926. The number of ether oxygens (including phenoxy) is 5. The van der Waals surface area contributed by atoms with Gasteiger partial charge in [-0.25, -0.2) is 10.2 Å². The molecule has 4 rings (SSSR count). The van der Waals surface area contributed by atoms with E-state index in [1.165, 1.54) is 26.5 Å². The number of benzene rings is 4. The molecule has 0 fully saturated rings. The van der Waals surface area contributed by atoms with E-state index in [1.54, 1.807) is 54.6 Å². The van der Waals surface area contributed by atoms with E-state index in [-0.39, 0.29) is 17.9 Å². The molecule has 210 valence electrons. The van der Waals surface area contributed by atoms with Crippen molar-refractivity contribution in [1.29, 1.82) is 0 Å². The Hall–Kier alpha value is -4.83. The van der Waals surface area contributed by atoms with E-state index in [1.807, 2.05) is 30.3 Å². The van der Waals surface area contributed by atoms with Gasteiger partial charge in [0.05, 0.1) is 26.0 Å². The Bertz CT molecular complexity index is 1510. The van der Waals surface area contributed by atoms with E-state index in [0.29, 0.717) is 35.2 Å². The van der Waals surface area contributed by atoms with Crippen molar-refractivity contribution in [1.82, 2.24) is 5.43 Å². The van der Waals surface area contributed by atoms with Gasteiger partial charge in [-0.1, -0.05) is 46.3 Å². The van der Waals surface area contributed by atoms with Crippen molar-refractivity contribution in [2.75, 3.05) is 20.8 Å². The molecule has 0 atom stereocenters. The third-order valence-corrected chi connectivity index (χ3v) is 6.12. The van der Waals surface area contributed by atoms with Crippen molar-refractivity contribution in [3.63, 3.8) is 0 Å². The summed E-state index contributed by atoms with van der Waals surface area (Å²) in [6.45, 7) is 0.206. The van der Waals surface area contributed by atoms with Crippen molar-refractivity contribution in [3.05, 3.63) is 112 Å². The number of hydrogen-bond donors (Lipinski definition) is 1. The Morgan fingerprint density at radius 1 is 0.805 bits per heavy atom. The number of carbonyl (C=O) groups is 2. The molecule has 10 heteroatoms. The van der Waals surface area contributed by atoms with Crippen molar-refractivity contribution < 1.29 is 33.3 Å². The highest BCUT2D eigenvalue weighted by atomic mass is 79.9. The van der Waals surface area contributed by atoms with Gasteiger partial charge in [0.2, 0.25) is 0 Å². The number of carbonyl (C=O) groups excluding carboxylic acids is 2. The molecule has 0 aliphatic heterocycles. The van der Waals surface area contributed by atoms with Crippen LogP contribution < -0.4 is 29.1 Å². The molecule has 1 N–H and O–H groups in total. The number of nitrogens with zero attached hydrogens (tertiary/aromatic N) is 1. The number of esters is 1. The zero-order valence-corrected chi connectivity index (χ0v) is 23.9. The van der Waals surface area contributed by atoms with Crippen LogP contribution in [0.3, 0.4) is 0 Å². The predicted octanol–water partition coefficient (Wildman–Crippen LogP) is 5.79. The number of rotatable bonds is 12. The number of hydrogen-bond acceptors (Lipinski definition) is 8. The standard InChI is InChI=1S/C31H27BrN2O7/c1-37-28-14-8-22(17-29(28)38-2)31(36)41-27-15-9-24(32)16-23(27)18-33-34-30(35)20-40-26-12-10-25(11-13-26)39-19-21-6-4-3-5-7-21/h3-18H,19-20H2,1-2H3,(H,34,35)/b33-18+. The molecule has 4 aromatic carbocycles. The maximum absolute atomic E-state index is 12.8. The summed E-state index contributed by atoms with van der Waals surface area (Å²) in [4.78, 5) is 25.0. The van der Waals surface area contributed by atoms with E-state index >= 15 is 0 Å². The summed E-state index contributed by atoms with van der Waals surface area (Å²) in [7, 11) is 2.99. The van der Waals surface area contributed by atoms with E-state index in [2.05, 4.69) is 26.5 Å². The number of halogens is 1. The Labute approximate surface area is 245 Å². The van der Waals surface area contributed by atoms with Gasteiger partial charge in [-0.15, -0.1) is 0 Å². The minimum absolute atomic E-state index is 0.247. The summed E-state index contributed by atoms with van der Waals surface area (Å²) < 4.78 is 28.1. The normalized spacial score (nSPS) is 10.6. The summed E-state index contributed by atoms with van der Waals surface area (Å²) in [6, 6.07) is 26.6. The molecule has 4 aromatic rings. The lowest BCUT2D eigenvalue weighted by Gasteiger charge is -2.11. The van der Waals surface area contributed by atoms with Crippen LogP contribution in [0.5, 0.6) is 28.7 Å². The maximum atomic E-state index is 12.8. The summed E-state index contributed by atoms with van der Waals surface area (Å²) in [5, 5.41) is 3.98. The second-order valence-electron chi connectivity index (χ2n) is 8.47. The van der Waals surface area contributed by atoms with Gasteiger partial charge in [0.15, 0.2) is 18.1 Å². The lowest BCUT2D eigenvalue weighted by molar-refractivity contribution is -0.123. The molecule has 0 aliphatic carbocycles. The number of methoxy groups -OCH3 is 2. The van der Waals surface area contributed by atoms with Crippen molar-refractivity contribution >= 4 is 34.0 Å². The Morgan fingerprint density at radius 2 is 1.49 bits per heavy atom. The first kappa shape index (κ1) is 29.2. The van der Waals surface area contributed by atoms with E-state index in [0.717, 1.165) is 10.0 Å². The first-order valence-corrected chi connectivity index (χ1v) is 13.2. The smallest absolute Gasteiger partial charge is 0.343 e. The highest BCUT2D eigenvalue weighted by Crippen LogP contribution is 2.29. The first-order valence-electron chi connectivity index (χ1n) is 12.4. The van der Waals surface area contributed by atoms with Crippen LogP contribution >= 0.6 is 15.9 Å². The van der Waals surface area contributed by atoms with Crippen LogP contribution in [0, 0.1) is 0 Å². The maximum Gasteiger partial charge on any atom is 0.343 e. The molecule has 0 aliphatic rings. The fourth-order valence-corrected chi connectivity index (χ4v) is 3.94. The van der Waals surface area contributed by atoms with Crippen LogP contribution in [0.1, 0.15) is 21.5 Å².